The molecule has 0 atom stereocenters. The van der Waals surface area contributed by atoms with Gasteiger partial charge in [-0.05, 0) is 45.0 Å². The molecule has 1 aliphatic rings. The molecule has 0 aromatic heterocycles. The molecule has 0 saturated carbocycles. The van der Waals surface area contributed by atoms with Crippen molar-refractivity contribution >= 4 is 40.5 Å². The Morgan fingerprint density at radius 1 is 1.06 bits per heavy atom. The predicted octanol–water partition coefficient (Wildman–Crippen LogP) is 4.27. The first-order valence-electron chi connectivity index (χ1n) is 10.8. The summed E-state index contributed by atoms with van der Waals surface area (Å²) in [4.78, 5) is 40.1. The fourth-order valence-corrected chi connectivity index (χ4v) is 3.81. The van der Waals surface area contributed by atoms with Gasteiger partial charge in [0.1, 0.15) is 23.5 Å². The smallest absolute Gasteiger partial charge is 0.262 e. The Hall–Kier alpha value is -4.57. The number of fused-ring (bicyclic) bond motifs is 1. The second kappa shape index (κ2) is 9.92. The summed E-state index contributed by atoms with van der Waals surface area (Å²) < 4.78 is 0. The molecule has 0 fully saturated rings. The van der Waals surface area contributed by atoms with Crippen molar-refractivity contribution in [2.75, 3.05) is 29.9 Å². The highest BCUT2D eigenvalue weighted by atomic mass is 16.2. The van der Waals surface area contributed by atoms with Crippen LogP contribution in [0.3, 0.4) is 0 Å². The van der Waals surface area contributed by atoms with Gasteiger partial charge in [0.2, 0.25) is 5.91 Å². The van der Waals surface area contributed by atoms with Crippen LogP contribution >= 0.6 is 0 Å². The summed E-state index contributed by atoms with van der Waals surface area (Å²) in [5.41, 5.74) is 1.16. The number of hydrogen-bond acceptors (Lipinski definition) is 8. The molecule has 10 heteroatoms. The highest BCUT2D eigenvalue weighted by Crippen LogP contribution is 2.37. The molecule has 2 aromatic carbocycles. The quantitative estimate of drug-likeness (QED) is 0.486. The van der Waals surface area contributed by atoms with Gasteiger partial charge in [0, 0.05) is 32.2 Å². The number of nitrogens with zero attached hydrogens (tertiary/aromatic N) is 6. The zero-order valence-corrected chi connectivity index (χ0v) is 19.3. The molecule has 0 bridgehead atoms. The number of carbonyl (C=O) groups is 3. The van der Waals surface area contributed by atoms with E-state index in [9.17, 15) is 24.9 Å². The lowest BCUT2D eigenvalue weighted by molar-refractivity contribution is -0.114. The molecule has 1 heterocycles. The van der Waals surface area contributed by atoms with Gasteiger partial charge in [-0.25, -0.2) is 0 Å². The fourth-order valence-electron chi connectivity index (χ4n) is 3.81. The second-order valence-corrected chi connectivity index (χ2v) is 7.40. The van der Waals surface area contributed by atoms with Crippen LogP contribution in [0.1, 0.15) is 59.5 Å². The fraction of sp³-hybridized carbons (Fsp3) is 0.292. The van der Waals surface area contributed by atoms with Gasteiger partial charge in [-0.15, -0.1) is 10.2 Å². The third-order valence-electron chi connectivity index (χ3n) is 5.46. The molecule has 0 radical (unpaired) electrons. The Labute approximate surface area is 197 Å². The maximum atomic E-state index is 12.7. The van der Waals surface area contributed by atoms with Crippen LogP contribution in [-0.4, -0.2) is 42.3 Å². The molecule has 0 spiro atoms. The molecule has 1 N–H and O–H groups in total. The zero-order chi connectivity index (χ0) is 25.0. The summed E-state index contributed by atoms with van der Waals surface area (Å²) in [6.07, 6.45) is 0. The van der Waals surface area contributed by atoms with Crippen molar-refractivity contribution in [2.24, 2.45) is 10.2 Å². The van der Waals surface area contributed by atoms with E-state index in [1.165, 1.54) is 13.0 Å². The molecule has 3 rings (SSSR count). The second-order valence-electron chi connectivity index (χ2n) is 7.40. The van der Waals surface area contributed by atoms with E-state index in [0.717, 1.165) is 23.7 Å². The number of anilines is 2. The summed E-state index contributed by atoms with van der Waals surface area (Å²) in [6.45, 7) is 8.72. The van der Waals surface area contributed by atoms with Gasteiger partial charge in [-0.3, -0.25) is 19.3 Å². The monoisotopic (exact) mass is 457 g/mol. The van der Waals surface area contributed by atoms with Crippen LogP contribution in [0.5, 0.6) is 0 Å². The average molecular weight is 457 g/mol. The van der Waals surface area contributed by atoms with Crippen molar-refractivity contribution in [1.29, 1.82) is 10.5 Å². The zero-order valence-electron chi connectivity index (χ0n) is 19.3. The molecule has 3 amide bonds. The lowest BCUT2D eigenvalue weighted by Gasteiger charge is -2.22. The van der Waals surface area contributed by atoms with Gasteiger partial charge < -0.3 is 10.2 Å². The molecule has 34 heavy (non-hydrogen) atoms. The first kappa shape index (κ1) is 24.1. The Kier molecular flexibility index (Phi) is 7.03. The summed E-state index contributed by atoms with van der Waals surface area (Å²) in [7, 11) is 0. The number of carbonyl (C=O) groups excluding carboxylic acids is 3. The van der Waals surface area contributed by atoms with Gasteiger partial charge in [0.25, 0.3) is 11.8 Å². The number of azo groups is 1. The number of imide groups is 1. The van der Waals surface area contributed by atoms with E-state index in [4.69, 9.17) is 0 Å². The van der Waals surface area contributed by atoms with Gasteiger partial charge in [0.05, 0.1) is 27.9 Å². The molecular formula is C24H23N7O3. The topological polar surface area (TPSA) is 142 Å². The number of amides is 3. The average Bonchev–Trinajstić information content (AvgIpc) is 3.06. The highest BCUT2D eigenvalue weighted by molar-refractivity contribution is 6.23. The normalized spacial score (nSPS) is 12.5. The molecule has 172 valence electrons. The third-order valence-corrected chi connectivity index (χ3v) is 5.46. The maximum Gasteiger partial charge on any atom is 0.262 e. The number of hydrogen-bond donors (Lipinski definition) is 1. The SMILES string of the molecule is CCN1C(=O)c2cc(C#N)c(N=Nc3ccc(N(CC)CC)cc3NC(C)=O)c(C#N)c2C1=O. The summed E-state index contributed by atoms with van der Waals surface area (Å²) >= 11 is 0. The summed E-state index contributed by atoms with van der Waals surface area (Å²) in [5.74, 6) is -1.47. The molecule has 0 unspecified atom stereocenters. The molecule has 2 aromatic rings. The molecule has 10 nitrogen and oxygen atoms in total. The minimum absolute atomic E-state index is 0.00131. The number of benzene rings is 2. The Morgan fingerprint density at radius 2 is 1.76 bits per heavy atom. The molecule has 1 aliphatic heterocycles. The lowest BCUT2D eigenvalue weighted by atomic mass is 9.97. The third kappa shape index (κ3) is 4.21. The van der Waals surface area contributed by atoms with Crippen molar-refractivity contribution in [3.8, 4) is 12.1 Å². The van der Waals surface area contributed by atoms with Crippen LogP contribution < -0.4 is 10.2 Å². The van der Waals surface area contributed by atoms with Crippen LogP contribution in [0.15, 0.2) is 34.5 Å². The molecule has 0 aliphatic carbocycles. The van der Waals surface area contributed by atoms with Crippen molar-refractivity contribution in [1.82, 2.24) is 4.90 Å². The van der Waals surface area contributed by atoms with Crippen LogP contribution in [0, 0.1) is 22.7 Å². The minimum atomic E-state index is -0.609. The van der Waals surface area contributed by atoms with Crippen LogP contribution in [0.2, 0.25) is 0 Å². The molecular weight excluding hydrogens is 434 g/mol. The van der Waals surface area contributed by atoms with Gasteiger partial charge in [0.15, 0.2) is 0 Å². The standard InChI is InChI=1S/C24H23N7O3/c1-5-30(6-2)16-8-9-19(20(11-16)27-14(4)32)28-29-22-15(12-25)10-17-21(18(22)13-26)24(34)31(7-3)23(17)33/h8-11H,5-7H2,1-4H3,(H,27,32). The Bertz CT molecular complexity index is 1300. The lowest BCUT2D eigenvalue weighted by Crippen LogP contribution is -2.29. The van der Waals surface area contributed by atoms with E-state index in [1.54, 1.807) is 19.1 Å². The van der Waals surface area contributed by atoms with E-state index in [0.29, 0.717) is 11.4 Å². The van der Waals surface area contributed by atoms with Crippen molar-refractivity contribution in [3.63, 3.8) is 0 Å². The van der Waals surface area contributed by atoms with E-state index in [1.807, 2.05) is 32.1 Å². The predicted molar refractivity (Wildman–Crippen MR) is 125 cm³/mol. The Morgan fingerprint density at radius 3 is 2.32 bits per heavy atom. The number of nitriles is 2. The van der Waals surface area contributed by atoms with Crippen LogP contribution in [-0.2, 0) is 4.79 Å². The van der Waals surface area contributed by atoms with Crippen LogP contribution in [0.4, 0.5) is 22.7 Å². The number of nitrogens with one attached hydrogen (secondary N) is 1. The van der Waals surface area contributed by atoms with Crippen molar-refractivity contribution in [2.45, 2.75) is 27.7 Å². The first-order chi connectivity index (χ1) is 16.3. The Balaban J connectivity index is 2.15. The van der Waals surface area contributed by atoms with E-state index < -0.39 is 11.8 Å². The highest BCUT2D eigenvalue weighted by Gasteiger charge is 2.39. The van der Waals surface area contributed by atoms with Gasteiger partial charge in [-0.2, -0.15) is 10.5 Å². The minimum Gasteiger partial charge on any atom is -0.372 e. The van der Waals surface area contributed by atoms with Crippen molar-refractivity contribution in [3.05, 3.63) is 46.5 Å². The molecule has 0 saturated heterocycles. The van der Waals surface area contributed by atoms with Gasteiger partial charge in [-0.1, -0.05) is 0 Å². The summed E-state index contributed by atoms with van der Waals surface area (Å²) in [6, 6.07) is 10.4. The summed E-state index contributed by atoms with van der Waals surface area (Å²) in [5, 5.41) is 30.4. The number of rotatable bonds is 7. The van der Waals surface area contributed by atoms with E-state index >= 15 is 0 Å². The maximum absolute atomic E-state index is 12.7. The first-order valence-corrected chi connectivity index (χ1v) is 10.8. The largest absolute Gasteiger partial charge is 0.372 e. The van der Waals surface area contributed by atoms with E-state index in [-0.39, 0.29) is 40.4 Å². The van der Waals surface area contributed by atoms with Gasteiger partial charge >= 0.3 is 0 Å². The van der Waals surface area contributed by atoms with E-state index in [2.05, 4.69) is 20.4 Å². The van der Waals surface area contributed by atoms with Crippen molar-refractivity contribution < 1.29 is 14.4 Å². The van der Waals surface area contributed by atoms with Crippen LogP contribution in [0.25, 0.3) is 0 Å².